The normalized spacial score (nSPS) is 19.3. The number of hydrogen-bond acceptors (Lipinski definition) is 12. The predicted octanol–water partition coefficient (Wildman–Crippen LogP) is 6.70. The number of aliphatic hydroxyl groups is 1. The molecule has 2 aromatic heterocycles. The third-order valence-electron chi connectivity index (χ3n) is 13.0. The van der Waals surface area contributed by atoms with E-state index in [1.54, 1.807) is 37.6 Å². The van der Waals surface area contributed by atoms with Gasteiger partial charge in [0.15, 0.2) is 0 Å². The van der Waals surface area contributed by atoms with Crippen molar-refractivity contribution >= 4 is 40.0 Å². The Bertz CT molecular complexity index is 2630. The lowest BCUT2D eigenvalue weighted by atomic mass is 9.85. The van der Waals surface area contributed by atoms with Gasteiger partial charge in [-0.15, -0.1) is 11.3 Å². The number of aromatic nitrogens is 2. The van der Waals surface area contributed by atoms with Crippen molar-refractivity contribution in [1.29, 1.82) is 0 Å². The number of aliphatic hydroxyl groups excluding tert-OH is 1. The second-order valence-corrected chi connectivity index (χ2v) is 21.1. The van der Waals surface area contributed by atoms with Crippen molar-refractivity contribution in [3.63, 3.8) is 0 Å². The Morgan fingerprint density at radius 2 is 1.60 bits per heavy atom. The van der Waals surface area contributed by atoms with Crippen LogP contribution in [0.2, 0.25) is 0 Å². The average Bonchev–Trinajstić information content (AvgIpc) is 4.05. The maximum Gasteiger partial charge on any atom is 0.246 e. The minimum atomic E-state index is -1.62. The lowest BCUT2D eigenvalue weighted by Crippen LogP contribution is -2.58. The molecule has 2 aliphatic heterocycles. The van der Waals surface area contributed by atoms with Crippen molar-refractivity contribution in [2.75, 3.05) is 65.9 Å². The second-order valence-electron chi connectivity index (χ2n) is 20.3. The lowest BCUT2D eigenvalue weighted by Gasteiger charge is -2.43. The van der Waals surface area contributed by atoms with E-state index in [2.05, 4.69) is 20.6 Å². The van der Waals surface area contributed by atoms with Gasteiger partial charge in [-0.05, 0) is 62.3 Å². The number of aromatic amines is 1. The molecule has 3 aromatic carbocycles. The number of para-hydroxylation sites is 1. The Kier molecular flexibility index (Phi) is 17.8. The number of likely N-dealkylation sites (tertiary alicyclic amines) is 1. The number of nitrogens with one attached hydrogen (secondary N) is 3. The highest BCUT2D eigenvalue weighted by Crippen LogP contribution is 2.44. The lowest BCUT2D eigenvalue weighted by molar-refractivity contribution is -0.144. The number of carbonyl (C=O) groups excluding carboxylic acids is 3. The molecule has 3 amide bonds. The number of amides is 3. The van der Waals surface area contributed by atoms with Crippen molar-refractivity contribution in [2.45, 2.75) is 103 Å². The van der Waals surface area contributed by atoms with Gasteiger partial charge in [-0.1, -0.05) is 63.2 Å². The molecule has 6 N–H and O–H groups in total. The molecule has 1 fully saturated rings. The molecule has 7 rings (SSSR count). The van der Waals surface area contributed by atoms with E-state index in [0.29, 0.717) is 12.1 Å². The van der Waals surface area contributed by atoms with Crippen LogP contribution in [-0.4, -0.2) is 138 Å². The zero-order valence-electron chi connectivity index (χ0n) is 42.1. The summed E-state index contributed by atoms with van der Waals surface area (Å²) in [6.45, 7) is 12.5. The number of alkyl halides is 1. The van der Waals surface area contributed by atoms with Crippen LogP contribution >= 0.6 is 11.3 Å². The van der Waals surface area contributed by atoms with Gasteiger partial charge in [0, 0.05) is 66.4 Å². The first-order chi connectivity index (χ1) is 34.2. The molecule has 0 bridgehead atoms. The Hall–Kier alpha value is -5.41. The van der Waals surface area contributed by atoms with Gasteiger partial charge in [-0.25, -0.2) is 18.2 Å². The second kappa shape index (κ2) is 23.6. The highest BCUT2D eigenvalue weighted by molar-refractivity contribution is 7.13. The first kappa shape index (κ1) is 54.4. The Morgan fingerprint density at radius 1 is 0.944 bits per heavy atom. The van der Waals surface area contributed by atoms with Gasteiger partial charge in [-0.2, -0.15) is 0 Å². The minimum Gasteiger partial charge on any atom is -0.491 e. The standard InChI is InChI=1S/C53H68F3N7O8S/c1-31-22-38-37-10-8-9-11-41(37)59-46(38)47(63(31)29-53(6,7)56)45-39(54)24-36(25-40(45)55)71-21-20-69-17-16-68-18-19-70-28-44(65)61-49(52(3,4)5)51(67)62-27-35(64)23-43(62)50(66)60-42(26-57)33-12-14-34(15-13-33)48-32(2)58-30-72-48/h8-15,24-25,30-31,35,42-43,47,49,59,64H,16-23,26-29,57H2,1-7H3,(H,60,66)(H,61,65)/t31-,35-,42?,43+,47-,49-/m1/s1. The number of β-amino-alcohol motifs (C(OH)–C–C–N with tert-alkyl or cyclic N) is 1. The van der Waals surface area contributed by atoms with Gasteiger partial charge >= 0.3 is 0 Å². The van der Waals surface area contributed by atoms with E-state index in [1.165, 1.54) is 18.7 Å². The molecule has 2 aliphatic rings. The maximum absolute atomic E-state index is 16.0. The molecule has 4 heterocycles. The van der Waals surface area contributed by atoms with Gasteiger partial charge in [0.25, 0.3) is 0 Å². The molecule has 0 radical (unpaired) electrons. The van der Waals surface area contributed by atoms with E-state index < -0.39 is 70.7 Å². The summed E-state index contributed by atoms with van der Waals surface area (Å²) in [6.07, 6.45) is -0.314. The smallest absolute Gasteiger partial charge is 0.246 e. The number of carbonyl (C=O) groups is 3. The van der Waals surface area contributed by atoms with E-state index in [9.17, 15) is 19.5 Å². The summed E-state index contributed by atoms with van der Waals surface area (Å²) in [4.78, 5) is 52.8. The summed E-state index contributed by atoms with van der Waals surface area (Å²) in [5.41, 5.74) is 10.5. The van der Waals surface area contributed by atoms with Gasteiger partial charge < -0.3 is 50.3 Å². The summed E-state index contributed by atoms with van der Waals surface area (Å²) in [5, 5.41) is 17.4. The number of thiazole rings is 1. The minimum absolute atomic E-state index is 0.00825. The van der Waals surface area contributed by atoms with Crippen molar-refractivity contribution in [3.8, 4) is 16.2 Å². The van der Waals surface area contributed by atoms with Crippen molar-refractivity contribution in [1.82, 2.24) is 30.4 Å². The van der Waals surface area contributed by atoms with Crippen LogP contribution in [0.3, 0.4) is 0 Å². The summed E-state index contributed by atoms with van der Waals surface area (Å²) >= 11 is 1.54. The highest BCUT2D eigenvalue weighted by Gasteiger charge is 2.45. The van der Waals surface area contributed by atoms with Gasteiger partial charge in [0.05, 0.1) is 67.3 Å². The van der Waals surface area contributed by atoms with Crippen LogP contribution in [-0.2, 0) is 35.0 Å². The Morgan fingerprint density at radius 3 is 2.22 bits per heavy atom. The number of aryl methyl sites for hydroxylation is 1. The molecule has 6 atom stereocenters. The molecule has 0 spiro atoms. The number of hydrogen-bond donors (Lipinski definition) is 5. The van der Waals surface area contributed by atoms with Crippen LogP contribution in [0.5, 0.6) is 5.75 Å². The van der Waals surface area contributed by atoms with E-state index in [1.807, 2.05) is 67.3 Å². The zero-order chi connectivity index (χ0) is 51.9. The molecular formula is C53H68F3N7O8S. The van der Waals surface area contributed by atoms with Crippen molar-refractivity contribution in [2.24, 2.45) is 11.1 Å². The Labute approximate surface area is 422 Å². The molecule has 5 aromatic rings. The third-order valence-corrected chi connectivity index (χ3v) is 14.0. The number of ether oxygens (including phenoxy) is 4. The molecule has 390 valence electrons. The fourth-order valence-corrected chi connectivity index (χ4v) is 10.4. The van der Waals surface area contributed by atoms with Crippen molar-refractivity contribution in [3.05, 3.63) is 106 Å². The number of nitrogens with zero attached hydrogens (tertiary/aromatic N) is 3. The molecule has 15 nitrogen and oxygen atoms in total. The molecule has 1 saturated heterocycles. The predicted molar refractivity (Wildman–Crippen MR) is 269 cm³/mol. The van der Waals surface area contributed by atoms with Crippen LogP contribution < -0.4 is 21.1 Å². The number of fused-ring (bicyclic) bond motifs is 3. The molecule has 0 saturated carbocycles. The molecular weight excluding hydrogens is 952 g/mol. The van der Waals surface area contributed by atoms with E-state index in [4.69, 9.17) is 24.7 Å². The van der Waals surface area contributed by atoms with Crippen LogP contribution in [0, 0.1) is 24.0 Å². The number of halogens is 3. The average molecular weight is 1020 g/mol. The summed E-state index contributed by atoms with van der Waals surface area (Å²) < 4.78 is 69.5. The molecule has 19 heteroatoms. The van der Waals surface area contributed by atoms with Crippen LogP contribution in [0.25, 0.3) is 21.3 Å². The van der Waals surface area contributed by atoms with Crippen LogP contribution in [0.4, 0.5) is 13.2 Å². The van der Waals surface area contributed by atoms with Crippen LogP contribution in [0.1, 0.15) is 88.1 Å². The van der Waals surface area contributed by atoms with Crippen LogP contribution in [0.15, 0.2) is 66.2 Å². The molecule has 72 heavy (non-hydrogen) atoms. The number of rotatable bonds is 22. The van der Waals surface area contributed by atoms with Gasteiger partial charge in [-0.3, -0.25) is 19.3 Å². The van der Waals surface area contributed by atoms with Gasteiger partial charge in [0.1, 0.15) is 48.4 Å². The number of benzene rings is 3. The summed E-state index contributed by atoms with van der Waals surface area (Å²) in [7, 11) is 0. The quantitative estimate of drug-likeness (QED) is 0.0464. The SMILES string of the molecule is Cc1ncsc1-c1ccc(C(CN)NC(=O)[C@@H]2C[C@@H](O)CN2C(=O)[C@@H](NC(=O)COCCOCCOCCOc2cc(F)c([C@@H]3c4[nH]c5ccccc5c4C[C@@H](C)N3CC(C)(C)F)c(F)c2)C(C)(C)C)cc1. The Balaban J connectivity index is 0.821. The van der Waals surface area contributed by atoms with Crippen molar-refractivity contribution < 1.29 is 51.6 Å². The molecule has 0 aliphatic carbocycles. The number of nitrogens with two attached hydrogens (primary N) is 1. The van der Waals surface area contributed by atoms with E-state index in [-0.39, 0.29) is 89.7 Å². The van der Waals surface area contributed by atoms with E-state index in [0.717, 1.165) is 50.3 Å². The van der Waals surface area contributed by atoms with Gasteiger partial charge in [0.2, 0.25) is 17.7 Å². The van der Waals surface area contributed by atoms with E-state index >= 15 is 13.2 Å². The first-order valence-corrected chi connectivity index (χ1v) is 25.3. The summed E-state index contributed by atoms with van der Waals surface area (Å²) in [6, 6.07) is 14.0. The first-order valence-electron chi connectivity index (χ1n) is 24.4. The third kappa shape index (κ3) is 13.2. The molecule has 1 unspecified atom stereocenters. The fourth-order valence-electron chi connectivity index (χ4n) is 9.54. The fraction of sp³-hybridized carbons (Fsp3) is 0.509. The zero-order valence-corrected chi connectivity index (χ0v) is 42.9. The monoisotopic (exact) mass is 1020 g/mol. The summed E-state index contributed by atoms with van der Waals surface area (Å²) in [5.74, 6) is -3.12. The highest BCUT2D eigenvalue weighted by atomic mass is 32.1. The maximum atomic E-state index is 16.0. The largest absolute Gasteiger partial charge is 0.491 e. The topological polar surface area (TPSA) is 194 Å². The number of H-pyrrole nitrogens is 1.